The predicted molar refractivity (Wildman–Crippen MR) is 46.7 cm³/mol. The molecule has 1 aromatic heterocycles. The summed E-state index contributed by atoms with van der Waals surface area (Å²) >= 11 is 6.94. The number of thioether (sulfide) groups is 1. The van der Waals surface area contributed by atoms with Gasteiger partial charge >= 0.3 is 0 Å². The number of halogens is 1. The van der Waals surface area contributed by atoms with Crippen molar-refractivity contribution in [3.8, 4) is 0 Å². The van der Waals surface area contributed by atoms with Gasteiger partial charge in [-0.2, -0.15) is 0 Å². The lowest BCUT2D eigenvalue weighted by Crippen LogP contribution is -1.88. The average Bonchev–Trinajstić information content (AvgIpc) is 2.37. The predicted octanol–water partition coefficient (Wildman–Crippen LogP) is 1.66. The molecule has 1 heterocycles. The van der Waals surface area contributed by atoms with Crippen LogP contribution in [0.1, 0.15) is 0 Å². The van der Waals surface area contributed by atoms with Crippen LogP contribution in [-0.4, -0.2) is 20.5 Å². The van der Waals surface area contributed by atoms with E-state index in [1.54, 1.807) is 18.1 Å². The zero-order valence-electron chi connectivity index (χ0n) is 6.07. The van der Waals surface area contributed by atoms with Crippen LogP contribution >= 0.6 is 23.4 Å². The monoisotopic (exact) mass is 189 g/mol. The molecule has 60 valence electrons. The van der Waals surface area contributed by atoms with Crippen LogP contribution in [0.5, 0.6) is 0 Å². The van der Waals surface area contributed by atoms with Gasteiger partial charge in [-0.1, -0.05) is 29.4 Å². The summed E-state index contributed by atoms with van der Waals surface area (Å²) in [6.07, 6.45) is 3.54. The molecule has 0 bridgehead atoms. The topological polar surface area (TPSA) is 30.7 Å². The Labute approximate surface area is 74.5 Å². The van der Waals surface area contributed by atoms with Crippen LogP contribution in [0, 0.1) is 0 Å². The Kier molecular flexibility index (Phi) is 3.45. The van der Waals surface area contributed by atoms with E-state index in [0.29, 0.717) is 0 Å². The summed E-state index contributed by atoms with van der Waals surface area (Å²) in [5, 5.41) is 8.52. The lowest BCUT2D eigenvalue weighted by molar-refractivity contribution is 0.789. The van der Waals surface area contributed by atoms with Gasteiger partial charge < -0.3 is 4.57 Å². The molecule has 0 N–H and O–H groups in total. The Morgan fingerprint density at radius 2 is 2.64 bits per heavy atom. The normalized spacial score (nSPS) is 11.1. The quantitative estimate of drug-likeness (QED) is 0.678. The van der Waals surface area contributed by atoms with E-state index < -0.39 is 0 Å². The SMILES string of the molecule is Cn1cnnc1SC/C=C/Cl. The molecule has 0 aliphatic rings. The molecule has 0 amide bonds. The molecule has 0 spiro atoms. The van der Waals surface area contributed by atoms with Crippen molar-refractivity contribution < 1.29 is 0 Å². The van der Waals surface area contributed by atoms with Crippen molar-refractivity contribution in [1.82, 2.24) is 14.8 Å². The standard InChI is InChI=1S/C6H8ClN3S/c1-10-5-8-9-6(10)11-4-2-3-7/h2-3,5H,4H2,1H3/b3-2+. The van der Waals surface area contributed by atoms with Crippen LogP contribution in [0.4, 0.5) is 0 Å². The first-order valence-electron chi connectivity index (χ1n) is 3.06. The van der Waals surface area contributed by atoms with Crippen molar-refractivity contribution in [2.45, 2.75) is 5.16 Å². The number of nitrogens with zero attached hydrogens (tertiary/aromatic N) is 3. The minimum Gasteiger partial charge on any atom is -0.312 e. The van der Waals surface area contributed by atoms with Crippen molar-refractivity contribution in [3.63, 3.8) is 0 Å². The van der Waals surface area contributed by atoms with E-state index in [9.17, 15) is 0 Å². The lowest BCUT2D eigenvalue weighted by Gasteiger charge is -1.94. The Morgan fingerprint density at radius 1 is 1.82 bits per heavy atom. The van der Waals surface area contributed by atoms with Crippen LogP contribution < -0.4 is 0 Å². The zero-order chi connectivity index (χ0) is 8.10. The van der Waals surface area contributed by atoms with Crippen molar-refractivity contribution >= 4 is 23.4 Å². The second-order valence-corrected chi connectivity index (χ2v) is 3.14. The third kappa shape index (κ3) is 2.55. The van der Waals surface area contributed by atoms with Crippen LogP contribution in [-0.2, 0) is 7.05 Å². The van der Waals surface area contributed by atoms with E-state index in [-0.39, 0.29) is 0 Å². The van der Waals surface area contributed by atoms with Gasteiger partial charge in [0.15, 0.2) is 5.16 Å². The molecule has 0 atom stereocenters. The molecule has 0 unspecified atom stereocenters. The van der Waals surface area contributed by atoms with Gasteiger partial charge in [-0.05, 0) is 0 Å². The highest BCUT2D eigenvalue weighted by Crippen LogP contribution is 2.12. The highest BCUT2D eigenvalue weighted by molar-refractivity contribution is 7.99. The second-order valence-electron chi connectivity index (χ2n) is 1.90. The third-order valence-corrected chi connectivity index (χ3v) is 2.23. The van der Waals surface area contributed by atoms with Gasteiger partial charge in [0.1, 0.15) is 6.33 Å². The molecule has 0 saturated heterocycles. The van der Waals surface area contributed by atoms with Crippen molar-refractivity contribution in [3.05, 3.63) is 17.9 Å². The molecule has 0 aliphatic heterocycles. The van der Waals surface area contributed by atoms with Crippen LogP contribution in [0.3, 0.4) is 0 Å². The van der Waals surface area contributed by atoms with Gasteiger partial charge in [-0.15, -0.1) is 10.2 Å². The van der Waals surface area contributed by atoms with Crippen molar-refractivity contribution in [2.75, 3.05) is 5.75 Å². The highest BCUT2D eigenvalue weighted by Gasteiger charge is 1.97. The van der Waals surface area contributed by atoms with Gasteiger partial charge in [-0.3, -0.25) is 0 Å². The number of aryl methyl sites for hydroxylation is 1. The summed E-state index contributed by atoms with van der Waals surface area (Å²) < 4.78 is 1.87. The average molecular weight is 190 g/mol. The molecule has 1 aromatic rings. The largest absolute Gasteiger partial charge is 0.312 e. The summed E-state index contributed by atoms with van der Waals surface area (Å²) in [7, 11) is 1.91. The van der Waals surface area contributed by atoms with Gasteiger partial charge in [0.05, 0.1) is 0 Å². The third-order valence-electron chi connectivity index (χ3n) is 1.07. The number of hydrogen-bond acceptors (Lipinski definition) is 3. The van der Waals surface area contributed by atoms with E-state index in [4.69, 9.17) is 11.6 Å². The maximum Gasteiger partial charge on any atom is 0.191 e. The fourth-order valence-electron chi connectivity index (χ4n) is 0.562. The van der Waals surface area contributed by atoms with Crippen LogP contribution in [0.2, 0.25) is 0 Å². The molecule has 0 fully saturated rings. The molecule has 0 saturated carbocycles. The first kappa shape index (κ1) is 8.62. The summed E-state index contributed by atoms with van der Waals surface area (Å²) in [6, 6.07) is 0. The zero-order valence-corrected chi connectivity index (χ0v) is 7.64. The fraction of sp³-hybridized carbons (Fsp3) is 0.333. The summed E-state index contributed by atoms with van der Waals surface area (Å²) in [5.74, 6) is 0.829. The Morgan fingerprint density at radius 3 is 3.18 bits per heavy atom. The summed E-state index contributed by atoms with van der Waals surface area (Å²) in [6.45, 7) is 0. The van der Waals surface area contributed by atoms with Gasteiger partial charge in [0.2, 0.25) is 0 Å². The molecular weight excluding hydrogens is 182 g/mol. The Bertz CT molecular complexity index is 246. The van der Waals surface area contributed by atoms with Crippen molar-refractivity contribution in [1.29, 1.82) is 0 Å². The number of aromatic nitrogens is 3. The van der Waals surface area contributed by atoms with E-state index in [1.807, 2.05) is 17.7 Å². The molecule has 11 heavy (non-hydrogen) atoms. The smallest absolute Gasteiger partial charge is 0.191 e. The van der Waals surface area contributed by atoms with E-state index in [0.717, 1.165) is 10.9 Å². The lowest BCUT2D eigenvalue weighted by atomic mass is 10.8. The highest BCUT2D eigenvalue weighted by atomic mass is 35.5. The van der Waals surface area contributed by atoms with Gasteiger partial charge in [0, 0.05) is 18.3 Å². The molecule has 0 aromatic carbocycles. The maximum atomic E-state index is 5.34. The Balaban J connectivity index is 2.44. The fourth-order valence-corrected chi connectivity index (χ4v) is 1.45. The summed E-state index contributed by atoms with van der Waals surface area (Å²) in [5.41, 5.74) is 1.50. The van der Waals surface area contributed by atoms with E-state index in [2.05, 4.69) is 10.2 Å². The van der Waals surface area contributed by atoms with Crippen LogP contribution in [0.15, 0.2) is 23.1 Å². The Hall–Kier alpha value is -0.480. The van der Waals surface area contributed by atoms with Gasteiger partial charge in [0.25, 0.3) is 0 Å². The van der Waals surface area contributed by atoms with E-state index in [1.165, 1.54) is 5.54 Å². The molecule has 3 nitrogen and oxygen atoms in total. The minimum absolute atomic E-state index is 0.829. The molecule has 5 heteroatoms. The number of rotatable bonds is 3. The number of hydrogen-bond donors (Lipinski definition) is 0. The molecular formula is C6H8ClN3S. The van der Waals surface area contributed by atoms with Crippen molar-refractivity contribution in [2.24, 2.45) is 7.05 Å². The van der Waals surface area contributed by atoms with Gasteiger partial charge in [-0.25, -0.2) is 0 Å². The summed E-state index contributed by atoms with van der Waals surface area (Å²) in [4.78, 5) is 0. The first-order valence-corrected chi connectivity index (χ1v) is 4.49. The second kappa shape index (κ2) is 4.41. The first-order chi connectivity index (χ1) is 5.34. The van der Waals surface area contributed by atoms with Crippen LogP contribution in [0.25, 0.3) is 0 Å². The minimum atomic E-state index is 0.829. The molecule has 1 rings (SSSR count). The van der Waals surface area contributed by atoms with E-state index >= 15 is 0 Å². The maximum absolute atomic E-state index is 5.34. The molecule has 0 radical (unpaired) electrons. The molecule has 0 aliphatic carbocycles.